The van der Waals surface area contributed by atoms with Gasteiger partial charge in [0.1, 0.15) is 32.5 Å². The van der Waals surface area contributed by atoms with Crippen molar-refractivity contribution < 1.29 is 35.6 Å². The Bertz CT molecular complexity index is 2200. The van der Waals surface area contributed by atoms with Crippen LogP contribution in [-0.4, -0.2) is 54.4 Å². The molecule has 0 radical (unpaired) electrons. The molecule has 4 aromatic rings. The second-order valence-electron chi connectivity index (χ2n) is 11.7. The molecule has 49 heavy (non-hydrogen) atoms. The quantitative estimate of drug-likeness (QED) is 0.146. The number of nitrogens with zero attached hydrogens (tertiary/aromatic N) is 2. The fraction of sp³-hybridized carbons (Fsp3) is 0.184. The first-order valence-corrected chi connectivity index (χ1v) is 18.6. The third-order valence-electron chi connectivity index (χ3n) is 8.33. The molecule has 0 amide bonds. The average molecular weight is 698 g/mol. The van der Waals surface area contributed by atoms with Crippen molar-refractivity contribution in [1.29, 1.82) is 0 Å². The zero-order chi connectivity index (χ0) is 35.3. The molecule has 4 aromatic carbocycles. The first-order chi connectivity index (χ1) is 23.3. The first-order valence-electron chi connectivity index (χ1n) is 15.7. The van der Waals surface area contributed by atoms with Gasteiger partial charge in [-0.15, -0.1) is 0 Å². The maximum atomic E-state index is 12.4. The third kappa shape index (κ3) is 8.62. The molecule has 5 rings (SSSR count). The maximum Gasteiger partial charge on any atom is 0.200 e. The summed E-state index contributed by atoms with van der Waals surface area (Å²) in [6.07, 6.45) is 7.70. The zero-order valence-corrected chi connectivity index (χ0v) is 29.0. The molecule has 0 aromatic heterocycles. The van der Waals surface area contributed by atoms with Crippen LogP contribution in [0, 0.1) is 6.92 Å². The van der Waals surface area contributed by atoms with Gasteiger partial charge in [-0.25, -0.2) is 21.4 Å². The topological polar surface area (TPSA) is 141 Å². The Hall–Kier alpha value is -4.81. The van der Waals surface area contributed by atoms with E-state index in [-0.39, 0.29) is 16.2 Å². The van der Waals surface area contributed by atoms with Gasteiger partial charge in [0.25, 0.3) is 0 Å². The Morgan fingerprint density at radius 3 is 2.06 bits per heavy atom. The maximum absolute atomic E-state index is 12.4. The average Bonchev–Trinajstić information content (AvgIpc) is 3.07. The minimum absolute atomic E-state index is 0.156. The van der Waals surface area contributed by atoms with E-state index in [0.29, 0.717) is 41.9 Å². The summed E-state index contributed by atoms with van der Waals surface area (Å²) in [4.78, 5) is 1.17. The second-order valence-corrected chi connectivity index (χ2v) is 14.4. The van der Waals surface area contributed by atoms with E-state index in [0.717, 1.165) is 24.0 Å². The largest absolute Gasteiger partial charge is 0.744 e. The van der Waals surface area contributed by atoms with Gasteiger partial charge in [0.05, 0.1) is 9.79 Å². The lowest BCUT2D eigenvalue weighted by atomic mass is 9.90. The van der Waals surface area contributed by atoms with Gasteiger partial charge in [-0.3, -0.25) is 0 Å². The Balaban J connectivity index is 1.56. The number of phenolic OH excluding ortho intramolecular Hbond substituents is 1. The summed E-state index contributed by atoms with van der Waals surface area (Å²) >= 11 is 0. The van der Waals surface area contributed by atoms with E-state index in [9.17, 15) is 31.0 Å². The fourth-order valence-corrected chi connectivity index (χ4v) is 7.15. The predicted octanol–water partition coefficient (Wildman–Crippen LogP) is 6.14. The molecule has 0 atom stereocenters. The van der Waals surface area contributed by atoms with Crippen LogP contribution in [0.15, 0.2) is 131 Å². The van der Waals surface area contributed by atoms with Crippen LogP contribution in [0.25, 0.3) is 5.57 Å². The van der Waals surface area contributed by atoms with Crippen molar-refractivity contribution >= 4 is 37.2 Å². The molecule has 254 valence electrons. The highest BCUT2D eigenvalue weighted by Crippen LogP contribution is 2.36. The lowest BCUT2D eigenvalue weighted by Gasteiger charge is -2.25. The fourth-order valence-electron chi connectivity index (χ4n) is 5.90. The molecule has 0 fully saturated rings. The summed E-state index contributed by atoms with van der Waals surface area (Å²) in [5.74, 6) is -0.342. The molecule has 1 aliphatic carbocycles. The minimum atomic E-state index is -4.97. The number of rotatable bonds is 11. The zero-order valence-electron chi connectivity index (χ0n) is 27.4. The summed E-state index contributed by atoms with van der Waals surface area (Å²) < 4.78 is 74.2. The Labute approximate surface area is 288 Å². The summed E-state index contributed by atoms with van der Waals surface area (Å²) in [6.45, 7) is 8.45. The Kier molecular flexibility index (Phi) is 10.7. The molecule has 0 unspecified atom stereocenters. The number of hydrogen-bond acceptors (Lipinski definition) is 8. The van der Waals surface area contributed by atoms with Gasteiger partial charge in [-0.2, -0.15) is 0 Å². The van der Waals surface area contributed by atoms with E-state index >= 15 is 0 Å². The number of anilines is 1. The van der Waals surface area contributed by atoms with E-state index in [4.69, 9.17) is 0 Å². The monoisotopic (exact) mass is 697 g/mol. The van der Waals surface area contributed by atoms with E-state index in [2.05, 4.69) is 36.6 Å². The highest BCUT2D eigenvalue weighted by molar-refractivity contribution is 7.86. The lowest BCUT2D eigenvalue weighted by Crippen LogP contribution is -2.22. The number of allylic oxidation sites excluding steroid dienone is 5. The van der Waals surface area contributed by atoms with E-state index in [1.807, 2.05) is 66.5 Å². The van der Waals surface area contributed by atoms with Crippen LogP contribution in [-0.2, 0) is 33.3 Å². The predicted molar refractivity (Wildman–Crippen MR) is 189 cm³/mol. The molecule has 9 nitrogen and oxygen atoms in total. The van der Waals surface area contributed by atoms with Crippen molar-refractivity contribution in [3.8, 4) is 5.75 Å². The lowest BCUT2D eigenvalue weighted by molar-refractivity contribution is -0.539. The van der Waals surface area contributed by atoms with Crippen molar-refractivity contribution in [1.82, 2.24) is 0 Å². The van der Waals surface area contributed by atoms with Crippen LogP contribution < -0.4 is 4.90 Å². The van der Waals surface area contributed by atoms with Gasteiger partial charge in [-0.05, 0) is 104 Å². The number of benzene rings is 4. The van der Waals surface area contributed by atoms with Crippen molar-refractivity contribution in [3.63, 3.8) is 0 Å². The van der Waals surface area contributed by atoms with Gasteiger partial charge in [0.15, 0.2) is 12.3 Å². The van der Waals surface area contributed by atoms with E-state index < -0.39 is 25.1 Å². The number of hydrogen-bond donors (Lipinski definition) is 1. The molecular formula is C38H37N2O7S2-. The molecule has 0 aliphatic heterocycles. The molecule has 0 saturated heterocycles. The van der Waals surface area contributed by atoms with Gasteiger partial charge >= 0.3 is 0 Å². The summed E-state index contributed by atoms with van der Waals surface area (Å²) in [6, 6.07) is 25.3. The van der Waals surface area contributed by atoms with Crippen LogP contribution in [0.1, 0.15) is 41.7 Å². The van der Waals surface area contributed by atoms with Gasteiger partial charge in [0.2, 0.25) is 0 Å². The molecule has 0 heterocycles. The summed E-state index contributed by atoms with van der Waals surface area (Å²) in [7, 11) is -9.56. The normalized spacial score (nSPS) is 13.1. The molecule has 0 spiro atoms. The number of aromatic hydroxyl groups is 1. The van der Waals surface area contributed by atoms with Crippen LogP contribution in [0.5, 0.6) is 5.75 Å². The molecule has 11 heteroatoms. The van der Waals surface area contributed by atoms with E-state index in [1.54, 1.807) is 6.07 Å². The van der Waals surface area contributed by atoms with Crippen molar-refractivity contribution in [2.24, 2.45) is 0 Å². The van der Waals surface area contributed by atoms with E-state index in [1.165, 1.54) is 41.5 Å². The molecule has 0 bridgehead atoms. The van der Waals surface area contributed by atoms with Crippen LogP contribution in [0.3, 0.4) is 0 Å². The van der Waals surface area contributed by atoms with Crippen molar-refractivity contribution in [3.05, 3.63) is 149 Å². The van der Waals surface area contributed by atoms with Gasteiger partial charge < -0.3 is 19.1 Å². The summed E-state index contributed by atoms with van der Waals surface area (Å²) in [5.41, 5.74) is 6.72. The smallest absolute Gasteiger partial charge is 0.200 e. The SMILES string of the molecule is CCN(Cc1cccc(S(=O)(=O)[O-])c1)c1ccc(C(=C2C=CC(=[N+](CC)Cc3cccc(C)c3)C=C2)c2ccc(O)cc2S(=O)(=O)[O-])cc1. The Morgan fingerprint density at radius 2 is 1.45 bits per heavy atom. The number of aryl methyl sites for hydroxylation is 1. The third-order valence-corrected chi connectivity index (χ3v) is 10.0. The highest BCUT2D eigenvalue weighted by atomic mass is 32.2. The van der Waals surface area contributed by atoms with Gasteiger partial charge in [-0.1, -0.05) is 48.0 Å². The van der Waals surface area contributed by atoms with Crippen LogP contribution >= 0.6 is 0 Å². The van der Waals surface area contributed by atoms with Gasteiger partial charge in [0, 0.05) is 42.1 Å². The standard InChI is InChI=1S/C38H38N2O7S2/c1-4-39(25-28-9-6-8-27(3)22-28)32-16-12-30(13-17-32)38(36-21-20-34(41)24-37(36)49(45,46)47)31-14-18-33(19-15-31)40(5-2)26-29-10-7-11-35(23-29)48(42,43)44/h6-24H,4-5,25-26H2,1-3H3,(H2,42,43,44,45,46,47)/p-1. The van der Waals surface area contributed by atoms with Crippen LogP contribution in [0.4, 0.5) is 5.69 Å². The number of phenols is 1. The summed E-state index contributed by atoms with van der Waals surface area (Å²) in [5, 5.41) is 10.1. The molecule has 1 aliphatic rings. The molecular weight excluding hydrogens is 661 g/mol. The second kappa shape index (κ2) is 14.8. The Morgan fingerprint density at radius 1 is 0.776 bits per heavy atom. The van der Waals surface area contributed by atoms with Crippen molar-refractivity contribution in [2.75, 3.05) is 18.0 Å². The van der Waals surface area contributed by atoms with Crippen molar-refractivity contribution in [2.45, 2.75) is 43.7 Å². The van der Waals surface area contributed by atoms with Crippen LogP contribution in [0.2, 0.25) is 0 Å². The molecule has 0 saturated carbocycles. The first kappa shape index (κ1) is 35.5. The molecule has 1 N–H and O–H groups in total. The minimum Gasteiger partial charge on any atom is -0.744 e. The highest BCUT2D eigenvalue weighted by Gasteiger charge is 2.21.